The van der Waals surface area contributed by atoms with Crippen molar-refractivity contribution in [2.75, 3.05) is 13.6 Å². The van der Waals surface area contributed by atoms with E-state index in [4.69, 9.17) is 4.74 Å². The van der Waals surface area contributed by atoms with Crippen LogP contribution in [0.25, 0.3) is 0 Å². The summed E-state index contributed by atoms with van der Waals surface area (Å²) in [6, 6.07) is 9.05. The minimum atomic E-state index is -4.79. The van der Waals surface area contributed by atoms with Crippen LogP contribution in [0, 0.1) is 13.8 Å². The largest absolute Gasteiger partial charge is 0.457 e. The van der Waals surface area contributed by atoms with Gasteiger partial charge in [-0.2, -0.15) is 13.2 Å². The second kappa shape index (κ2) is 8.22. The number of aryl methyl sites for hydroxylation is 2. The second-order valence-corrected chi connectivity index (χ2v) is 6.92. The molecular formula is C21H25F3N2O2. The van der Waals surface area contributed by atoms with Crippen LogP contribution < -0.4 is 4.74 Å². The molecule has 152 valence electrons. The van der Waals surface area contributed by atoms with Gasteiger partial charge in [0.1, 0.15) is 11.5 Å². The van der Waals surface area contributed by atoms with Crippen molar-refractivity contribution in [3.8, 4) is 11.5 Å². The van der Waals surface area contributed by atoms with E-state index in [2.05, 4.69) is 4.99 Å². The van der Waals surface area contributed by atoms with Crippen molar-refractivity contribution < 1.29 is 23.0 Å². The van der Waals surface area contributed by atoms with Gasteiger partial charge < -0.3 is 14.7 Å². The number of aliphatic imine (C=N–C) groups is 1. The number of ether oxygens (including phenoxy) is 1. The van der Waals surface area contributed by atoms with E-state index in [0.29, 0.717) is 5.75 Å². The summed E-state index contributed by atoms with van der Waals surface area (Å²) in [6.07, 6.45) is -3.05. The average molecular weight is 394 g/mol. The fraction of sp³-hybridized carbons (Fsp3) is 0.381. The molecule has 1 N–H and O–H groups in total. The summed E-state index contributed by atoms with van der Waals surface area (Å²) in [5.41, 5.74) is -0.777. The zero-order chi connectivity index (χ0) is 21.1. The van der Waals surface area contributed by atoms with Crippen molar-refractivity contribution in [1.29, 1.82) is 0 Å². The number of nitrogens with zero attached hydrogens (tertiary/aromatic N) is 2. The van der Waals surface area contributed by atoms with Gasteiger partial charge in [-0.15, -0.1) is 0 Å². The van der Waals surface area contributed by atoms with Gasteiger partial charge in [0.15, 0.2) is 5.60 Å². The standard InChI is InChI=1S/C21H25F3N2O2/c1-6-26(5)13-25-18-10-15(3)19(11-14(18)2)28-17-9-7-8-16(12-17)20(4,27)21(22,23)24/h7-13,27H,6H2,1-5H3/b25-13-. The van der Waals surface area contributed by atoms with Crippen LogP contribution in [0.15, 0.2) is 41.4 Å². The Morgan fingerprint density at radius 2 is 1.82 bits per heavy atom. The molecule has 1 atom stereocenters. The van der Waals surface area contributed by atoms with Gasteiger partial charge in [-0.25, -0.2) is 4.99 Å². The third kappa shape index (κ3) is 4.84. The zero-order valence-corrected chi connectivity index (χ0v) is 16.6. The molecule has 0 spiro atoms. The molecule has 28 heavy (non-hydrogen) atoms. The molecule has 4 nitrogen and oxygen atoms in total. The van der Waals surface area contributed by atoms with Gasteiger partial charge >= 0.3 is 6.18 Å². The van der Waals surface area contributed by atoms with Gasteiger partial charge in [-0.05, 0) is 68.7 Å². The van der Waals surface area contributed by atoms with Crippen LogP contribution in [-0.2, 0) is 5.60 Å². The number of aliphatic hydroxyl groups is 1. The lowest BCUT2D eigenvalue weighted by Crippen LogP contribution is -2.39. The van der Waals surface area contributed by atoms with E-state index in [0.717, 1.165) is 30.3 Å². The van der Waals surface area contributed by atoms with Crippen LogP contribution in [0.2, 0.25) is 0 Å². The Kier molecular flexibility index (Phi) is 6.39. The third-order valence-corrected chi connectivity index (χ3v) is 4.56. The maximum absolute atomic E-state index is 13.1. The Morgan fingerprint density at radius 1 is 1.14 bits per heavy atom. The molecule has 0 aliphatic heterocycles. The molecule has 0 radical (unpaired) electrons. The first-order chi connectivity index (χ1) is 13.0. The topological polar surface area (TPSA) is 45.1 Å². The average Bonchev–Trinajstić information content (AvgIpc) is 2.62. The van der Waals surface area contributed by atoms with Gasteiger partial charge in [-0.3, -0.25) is 0 Å². The quantitative estimate of drug-likeness (QED) is 0.521. The molecule has 2 aromatic rings. The number of hydrogen-bond donors (Lipinski definition) is 1. The fourth-order valence-corrected chi connectivity index (χ4v) is 2.42. The lowest BCUT2D eigenvalue weighted by molar-refractivity contribution is -0.258. The SMILES string of the molecule is CCN(C)/C=N\c1cc(C)c(Oc2cccc(C(C)(O)C(F)(F)F)c2)cc1C. The number of hydrogen-bond acceptors (Lipinski definition) is 3. The van der Waals surface area contributed by atoms with E-state index in [1.165, 1.54) is 18.2 Å². The predicted octanol–water partition coefficient (Wildman–Crippen LogP) is 5.48. The highest BCUT2D eigenvalue weighted by atomic mass is 19.4. The minimum absolute atomic E-state index is 0.214. The normalized spacial score (nSPS) is 14.2. The van der Waals surface area contributed by atoms with E-state index in [-0.39, 0.29) is 11.3 Å². The summed E-state index contributed by atoms with van der Waals surface area (Å²) in [5, 5.41) is 9.87. The first-order valence-corrected chi connectivity index (χ1v) is 8.89. The van der Waals surface area contributed by atoms with Crippen molar-refractivity contribution in [3.05, 3.63) is 53.1 Å². The van der Waals surface area contributed by atoms with E-state index < -0.39 is 11.8 Å². The number of halogens is 3. The van der Waals surface area contributed by atoms with Crippen LogP contribution in [0.1, 0.15) is 30.5 Å². The van der Waals surface area contributed by atoms with E-state index in [9.17, 15) is 18.3 Å². The van der Waals surface area contributed by atoms with Crippen LogP contribution >= 0.6 is 0 Å². The number of rotatable bonds is 6. The van der Waals surface area contributed by atoms with Crippen LogP contribution in [0.5, 0.6) is 11.5 Å². The first kappa shape index (κ1) is 21.8. The molecule has 2 aromatic carbocycles. The van der Waals surface area contributed by atoms with E-state index in [1.54, 1.807) is 18.5 Å². The van der Waals surface area contributed by atoms with Gasteiger partial charge in [-0.1, -0.05) is 12.1 Å². The molecule has 0 amide bonds. The Bertz CT molecular complexity index is 861. The fourth-order valence-electron chi connectivity index (χ4n) is 2.42. The number of benzene rings is 2. The maximum atomic E-state index is 13.1. The van der Waals surface area contributed by atoms with E-state index >= 15 is 0 Å². The highest BCUT2D eigenvalue weighted by Crippen LogP contribution is 2.40. The Labute approximate surface area is 163 Å². The smallest absolute Gasteiger partial charge is 0.421 e. The molecule has 2 rings (SSSR count). The van der Waals surface area contributed by atoms with Gasteiger partial charge in [0.2, 0.25) is 0 Å². The molecule has 0 saturated carbocycles. The Balaban J connectivity index is 2.31. The van der Waals surface area contributed by atoms with Crippen molar-refractivity contribution in [3.63, 3.8) is 0 Å². The predicted molar refractivity (Wildman–Crippen MR) is 105 cm³/mol. The summed E-state index contributed by atoms with van der Waals surface area (Å²) >= 11 is 0. The summed E-state index contributed by atoms with van der Waals surface area (Å²) < 4.78 is 45.1. The van der Waals surface area contributed by atoms with Gasteiger partial charge in [0.25, 0.3) is 0 Å². The van der Waals surface area contributed by atoms with Gasteiger partial charge in [0, 0.05) is 13.6 Å². The molecule has 0 bridgehead atoms. The first-order valence-electron chi connectivity index (χ1n) is 8.89. The van der Waals surface area contributed by atoms with E-state index in [1.807, 2.05) is 38.8 Å². The summed E-state index contributed by atoms with van der Waals surface area (Å²) in [6.45, 7) is 7.30. The molecule has 1 unspecified atom stereocenters. The number of alkyl halides is 3. The summed E-state index contributed by atoms with van der Waals surface area (Å²) in [7, 11) is 1.92. The highest BCUT2D eigenvalue weighted by Gasteiger charge is 2.51. The molecule has 0 aliphatic rings. The molecule has 7 heteroatoms. The third-order valence-electron chi connectivity index (χ3n) is 4.56. The minimum Gasteiger partial charge on any atom is -0.457 e. The van der Waals surface area contributed by atoms with Crippen LogP contribution in [0.3, 0.4) is 0 Å². The molecular weight excluding hydrogens is 369 g/mol. The van der Waals surface area contributed by atoms with Crippen LogP contribution in [0.4, 0.5) is 18.9 Å². The molecule has 0 saturated heterocycles. The maximum Gasteiger partial charge on any atom is 0.421 e. The van der Waals surface area contributed by atoms with Crippen molar-refractivity contribution in [1.82, 2.24) is 4.90 Å². The summed E-state index contributed by atoms with van der Waals surface area (Å²) in [4.78, 5) is 6.39. The van der Waals surface area contributed by atoms with Crippen molar-refractivity contribution in [2.45, 2.75) is 39.5 Å². The molecule has 0 fully saturated rings. The van der Waals surface area contributed by atoms with Crippen molar-refractivity contribution >= 4 is 12.0 Å². The Hall–Kier alpha value is -2.54. The van der Waals surface area contributed by atoms with Crippen molar-refractivity contribution in [2.24, 2.45) is 4.99 Å². The second-order valence-electron chi connectivity index (χ2n) is 6.92. The lowest BCUT2D eigenvalue weighted by atomic mass is 9.95. The zero-order valence-electron chi connectivity index (χ0n) is 16.6. The molecule has 0 aliphatic carbocycles. The Morgan fingerprint density at radius 3 is 2.43 bits per heavy atom. The highest BCUT2D eigenvalue weighted by molar-refractivity contribution is 5.64. The molecule has 0 aromatic heterocycles. The lowest BCUT2D eigenvalue weighted by Gasteiger charge is -2.27. The monoisotopic (exact) mass is 394 g/mol. The summed E-state index contributed by atoms with van der Waals surface area (Å²) in [5.74, 6) is 0.732. The van der Waals surface area contributed by atoms with Crippen LogP contribution in [-0.4, -0.2) is 36.1 Å². The molecule has 0 heterocycles. The van der Waals surface area contributed by atoms with Gasteiger partial charge in [0.05, 0.1) is 12.0 Å².